The van der Waals surface area contributed by atoms with Gasteiger partial charge in [0.05, 0.1) is 7.11 Å². The van der Waals surface area contributed by atoms with Crippen molar-refractivity contribution in [2.45, 2.75) is 39.7 Å². The van der Waals surface area contributed by atoms with Crippen molar-refractivity contribution in [2.24, 2.45) is 5.92 Å². The highest BCUT2D eigenvalue weighted by molar-refractivity contribution is 5.46. The van der Waals surface area contributed by atoms with Crippen molar-refractivity contribution in [3.8, 4) is 5.75 Å². The maximum Gasteiger partial charge on any atom is 0.126 e. The molecule has 0 bridgehead atoms. The highest BCUT2D eigenvalue weighted by Gasteiger charge is 2.24. The number of rotatable bonds is 6. The quantitative estimate of drug-likeness (QED) is 0.864. The number of methoxy groups -OCH3 is 1. The summed E-state index contributed by atoms with van der Waals surface area (Å²) in [7, 11) is 1.77. The lowest BCUT2D eigenvalue weighted by molar-refractivity contribution is 0.181. The molecule has 0 radical (unpaired) electrons. The molecule has 2 atom stereocenters. The van der Waals surface area contributed by atoms with Crippen LogP contribution in [0, 0.1) is 19.8 Å². The van der Waals surface area contributed by atoms with E-state index in [1.54, 1.807) is 7.11 Å². The van der Waals surface area contributed by atoms with Gasteiger partial charge in [0.2, 0.25) is 0 Å². The first-order valence-electron chi connectivity index (χ1n) is 7.62. The van der Waals surface area contributed by atoms with Crippen molar-refractivity contribution < 1.29 is 9.47 Å². The predicted molar refractivity (Wildman–Crippen MR) is 82.4 cm³/mol. The van der Waals surface area contributed by atoms with E-state index in [0.29, 0.717) is 12.0 Å². The molecule has 1 saturated heterocycles. The topological polar surface area (TPSA) is 30.5 Å². The molecule has 1 fully saturated rings. The summed E-state index contributed by atoms with van der Waals surface area (Å²) < 4.78 is 11.2. The molecule has 1 aliphatic heterocycles. The van der Waals surface area contributed by atoms with Crippen molar-refractivity contribution in [1.82, 2.24) is 5.32 Å². The van der Waals surface area contributed by atoms with Crippen LogP contribution < -0.4 is 10.1 Å². The van der Waals surface area contributed by atoms with Crippen LogP contribution in [0.25, 0.3) is 0 Å². The van der Waals surface area contributed by atoms with Gasteiger partial charge in [0.25, 0.3) is 0 Å². The SMILES string of the molecule is CCNC(CC1CCOC1)c1ccc(C)c(C)c1OC. The summed E-state index contributed by atoms with van der Waals surface area (Å²) in [6, 6.07) is 4.76. The third kappa shape index (κ3) is 3.33. The molecule has 2 unspecified atom stereocenters. The van der Waals surface area contributed by atoms with Crippen LogP contribution in [0.2, 0.25) is 0 Å². The number of hydrogen-bond donors (Lipinski definition) is 1. The molecular formula is C17H27NO2. The maximum atomic E-state index is 5.68. The highest BCUT2D eigenvalue weighted by atomic mass is 16.5. The first kappa shape index (κ1) is 15.3. The molecule has 0 spiro atoms. The first-order chi connectivity index (χ1) is 9.67. The normalized spacial score (nSPS) is 20.1. The Hall–Kier alpha value is -1.06. The average Bonchev–Trinajstić information content (AvgIpc) is 2.94. The van der Waals surface area contributed by atoms with E-state index in [2.05, 4.69) is 38.2 Å². The molecule has 1 N–H and O–H groups in total. The molecule has 3 heteroatoms. The van der Waals surface area contributed by atoms with E-state index in [0.717, 1.165) is 31.9 Å². The molecule has 1 heterocycles. The molecule has 0 amide bonds. The van der Waals surface area contributed by atoms with Gasteiger partial charge in [0.15, 0.2) is 0 Å². The minimum absolute atomic E-state index is 0.348. The van der Waals surface area contributed by atoms with Gasteiger partial charge in [-0.25, -0.2) is 0 Å². The van der Waals surface area contributed by atoms with Crippen molar-refractivity contribution in [3.05, 3.63) is 28.8 Å². The van der Waals surface area contributed by atoms with E-state index < -0.39 is 0 Å². The highest BCUT2D eigenvalue weighted by Crippen LogP contribution is 2.35. The monoisotopic (exact) mass is 277 g/mol. The molecule has 1 aromatic rings. The Labute approximate surface area is 122 Å². The molecule has 112 valence electrons. The summed E-state index contributed by atoms with van der Waals surface area (Å²) in [6.45, 7) is 9.21. The van der Waals surface area contributed by atoms with Crippen LogP contribution in [0.5, 0.6) is 5.75 Å². The van der Waals surface area contributed by atoms with Crippen LogP contribution >= 0.6 is 0 Å². The smallest absolute Gasteiger partial charge is 0.126 e. The van der Waals surface area contributed by atoms with Gasteiger partial charge < -0.3 is 14.8 Å². The standard InChI is InChI=1S/C17H27NO2/c1-5-18-16(10-14-8-9-20-11-14)15-7-6-12(2)13(3)17(15)19-4/h6-7,14,16,18H,5,8-11H2,1-4H3. The maximum absolute atomic E-state index is 5.68. The Morgan fingerprint density at radius 1 is 1.40 bits per heavy atom. The summed E-state index contributed by atoms with van der Waals surface area (Å²) >= 11 is 0. The largest absolute Gasteiger partial charge is 0.496 e. The fraction of sp³-hybridized carbons (Fsp3) is 0.647. The zero-order valence-electron chi connectivity index (χ0n) is 13.2. The molecule has 2 rings (SSSR count). The Kier molecular flexibility index (Phi) is 5.44. The van der Waals surface area contributed by atoms with Gasteiger partial charge in [0.1, 0.15) is 5.75 Å². The molecule has 0 aliphatic carbocycles. The van der Waals surface area contributed by atoms with Crippen molar-refractivity contribution in [3.63, 3.8) is 0 Å². The van der Waals surface area contributed by atoms with Crippen molar-refractivity contribution in [2.75, 3.05) is 26.9 Å². The molecule has 0 saturated carbocycles. The van der Waals surface area contributed by atoms with E-state index >= 15 is 0 Å². The van der Waals surface area contributed by atoms with Crippen LogP contribution in [0.3, 0.4) is 0 Å². The van der Waals surface area contributed by atoms with E-state index in [1.807, 2.05) is 0 Å². The lowest BCUT2D eigenvalue weighted by atomic mass is 9.91. The number of nitrogens with one attached hydrogen (secondary N) is 1. The fourth-order valence-electron chi connectivity index (χ4n) is 3.03. The second kappa shape index (κ2) is 7.09. The number of aryl methyl sites for hydroxylation is 1. The first-order valence-corrected chi connectivity index (χ1v) is 7.62. The van der Waals surface area contributed by atoms with E-state index in [-0.39, 0.29) is 0 Å². The third-order valence-electron chi connectivity index (χ3n) is 4.33. The summed E-state index contributed by atoms with van der Waals surface area (Å²) in [6.07, 6.45) is 2.29. The minimum Gasteiger partial charge on any atom is -0.496 e. The molecule has 20 heavy (non-hydrogen) atoms. The van der Waals surface area contributed by atoms with Crippen molar-refractivity contribution >= 4 is 0 Å². The van der Waals surface area contributed by atoms with Crippen LogP contribution in [-0.2, 0) is 4.74 Å². The summed E-state index contributed by atoms with van der Waals surface area (Å²) in [4.78, 5) is 0. The van der Waals surface area contributed by atoms with Gasteiger partial charge in [-0.15, -0.1) is 0 Å². The second-order valence-electron chi connectivity index (χ2n) is 5.71. The second-order valence-corrected chi connectivity index (χ2v) is 5.71. The number of hydrogen-bond acceptors (Lipinski definition) is 3. The molecule has 1 aliphatic rings. The molecule has 3 nitrogen and oxygen atoms in total. The van der Waals surface area contributed by atoms with Crippen LogP contribution in [0.15, 0.2) is 12.1 Å². The van der Waals surface area contributed by atoms with Gasteiger partial charge in [-0.3, -0.25) is 0 Å². The summed E-state index contributed by atoms with van der Waals surface area (Å²) in [5.41, 5.74) is 3.81. The number of benzene rings is 1. The van der Waals surface area contributed by atoms with E-state index in [9.17, 15) is 0 Å². The minimum atomic E-state index is 0.348. The fourth-order valence-corrected chi connectivity index (χ4v) is 3.03. The van der Waals surface area contributed by atoms with E-state index in [4.69, 9.17) is 9.47 Å². The zero-order valence-corrected chi connectivity index (χ0v) is 13.2. The van der Waals surface area contributed by atoms with Crippen LogP contribution in [0.1, 0.15) is 42.5 Å². The summed E-state index contributed by atoms with van der Waals surface area (Å²) in [5, 5.41) is 3.61. The lowest BCUT2D eigenvalue weighted by Gasteiger charge is -2.24. The van der Waals surface area contributed by atoms with Crippen LogP contribution in [-0.4, -0.2) is 26.9 Å². The summed E-state index contributed by atoms with van der Waals surface area (Å²) in [5.74, 6) is 1.69. The van der Waals surface area contributed by atoms with Gasteiger partial charge in [-0.1, -0.05) is 19.1 Å². The van der Waals surface area contributed by atoms with Gasteiger partial charge in [-0.2, -0.15) is 0 Å². The van der Waals surface area contributed by atoms with Gasteiger partial charge in [0, 0.05) is 24.8 Å². The zero-order chi connectivity index (χ0) is 14.5. The van der Waals surface area contributed by atoms with Crippen molar-refractivity contribution in [1.29, 1.82) is 0 Å². The lowest BCUT2D eigenvalue weighted by Crippen LogP contribution is -2.24. The number of ether oxygens (including phenoxy) is 2. The van der Waals surface area contributed by atoms with E-state index in [1.165, 1.54) is 23.1 Å². The third-order valence-corrected chi connectivity index (χ3v) is 4.33. The average molecular weight is 277 g/mol. The molecular weight excluding hydrogens is 250 g/mol. The molecule has 1 aromatic carbocycles. The molecule has 0 aromatic heterocycles. The van der Waals surface area contributed by atoms with Gasteiger partial charge in [-0.05, 0) is 50.3 Å². The Morgan fingerprint density at radius 3 is 2.80 bits per heavy atom. The Morgan fingerprint density at radius 2 is 2.20 bits per heavy atom. The Bertz CT molecular complexity index is 439. The predicted octanol–water partition coefficient (Wildman–Crippen LogP) is 3.39. The van der Waals surface area contributed by atoms with Crippen LogP contribution in [0.4, 0.5) is 0 Å². The van der Waals surface area contributed by atoms with Gasteiger partial charge >= 0.3 is 0 Å². The Balaban J connectivity index is 2.25.